The molecule has 6 nitrogen and oxygen atoms in total. The molecule has 1 aliphatic rings. The SMILES string of the molecule is CCCCNc1cnc(C(=O)Nc2ccc(N3CCCC3)cc2)cn1. The second kappa shape index (κ2) is 8.46. The molecule has 0 unspecified atom stereocenters. The van der Waals surface area contributed by atoms with E-state index in [1.807, 2.05) is 24.3 Å². The van der Waals surface area contributed by atoms with Gasteiger partial charge in [-0.15, -0.1) is 0 Å². The molecular formula is C19H25N5O. The maximum absolute atomic E-state index is 12.3. The predicted molar refractivity (Wildman–Crippen MR) is 101 cm³/mol. The first-order valence-corrected chi connectivity index (χ1v) is 8.98. The summed E-state index contributed by atoms with van der Waals surface area (Å²) in [6, 6.07) is 7.96. The van der Waals surface area contributed by atoms with E-state index in [0.717, 1.165) is 38.2 Å². The van der Waals surface area contributed by atoms with E-state index >= 15 is 0 Å². The van der Waals surface area contributed by atoms with Crippen molar-refractivity contribution >= 4 is 23.1 Å². The zero-order valence-electron chi connectivity index (χ0n) is 14.7. The van der Waals surface area contributed by atoms with Crippen LogP contribution in [0.15, 0.2) is 36.7 Å². The number of aromatic nitrogens is 2. The molecular weight excluding hydrogens is 314 g/mol. The molecule has 0 aliphatic carbocycles. The number of nitrogens with zero attached hydrogens (tertiary/aromatic N) is 3. The predicted octanol–water partition coefficient (Wildman–Crippen LogP) is 3.54. The molecule has 3 rings (SSSR count). The number of carbonyl (C=O) groups excluding carboxylic acids is 1. The summed E-state index contributed by atoms with van der Waals surface area (Å²) in [4.78, 5) is 23.1. The lowest BCUT2D eigenvalue weighted by Crippen LogP contribution is -2.18. The average Bonchev–Trinajstić information content (AvgIpc) is 3.18. The van der Waals surface area contributed by atoms with Gasteiger partial charge in [0.25, 0.3) is 5.91 Å². The number of benzene rings is 1. The molecule has 2 N–H and O–H groups in total. The van der Waals surface area contributed by atoms with E-state index in [1.165, 1.54) is 24.7 Å². The Kier molecular flexibility index (Phi) is 5.82. The van der Waals surface area contributed by atoms with Gasteiger partial charge < -0.3 is 15.5 Å². The van der Waals surface area contributed by atoms with Crippen molar-refractivity contribution in [1.29, 1.82) is 0 Å². The molecule has 0 radical (unpaired) electrons. The van der Waals surface area contributed by atoms with Gasteiger partial charge in [-0.2, -0.15) is 0 Å². The number of rotatable bonds is 7. The van der Waals surface area contributed by atoms with Crippen LogP contribution in [-0.2, 0) is 0 Å². The van der Waals surface area contributed by atoms with Crippen LogP contribution in [0.25, 0.3) is 0 Å². The van der Waals surface area contributed by atoms with Crippen LogP contribution < -0.4 is 15.5 Å². The second-order valence-corrected chi connectivity index (χ2v) is 6.26. The summed E-state index contributed by atoms with van der Waals surface area (Å²) in [5, 5.41) is 6.05. The van der Waals surface area contributed by atoms with Gasteiger partial charge in [-0.05, 0) is 43.5 Å². The molecule has 0 bridgehead atoms. The standard InChI is InChI=1S/C19H25N5O/c1-2-3-10-20-18-14-21-17(13-22-18)19(25)23-15-6-8-16(9-7-15)24-11-4-5-12-24/h6-9,13-14H,2-5,10-12H2,1H3,(H,20,22)(H,23,25). The fourth-order valence-electron chi connectivity index (χ4n) is 2.86. The average molecular weight is 339 g/mol. The summed E-state index contributed by atoms with van der Waals surface area (Å²) >= 11 is 0. The molecule has 1 amide bonds. The Labute approximate surface area is 148 Å². The largest absolute Gasteiger partial charge is 0.372 e. The first-order valence-electron chi connectivity index (χ1n) is 8.98. The molecule has 0 spiro atoms. The zero-order chi connectivity index (χ0) is 17.5. The van der Waals surface area contributed by atoms with Gasteiger partial charge in [0.2, 0.25) is 0 Å². The van der Waals surface area contributed by atoms with Crippen LogP contribution >= 0.6 is 0 Å². The summed E-state index contributed by atoms with van der Waals surface area (Å²) in [5.74, 6) is 0.446. The smallest absolute Gasteiger partial charge is 0.275 e. The molecule has 2 heterocycles. The third-order valence-electron chi connectivity index (χ3n) is 4.32. The van der Waals surface area contributed by atoms with Crippen molar-refractivity contribution in [1.82, 2.24) is 9.97 Å². The highest BCUT2D eigenvalue weighted by molar-refractivity contribution is 6.02. The Hall–Kier alpha value is -2.63. The van der Waals surface area contributed by atoms with Gasteiger partial charge in [0.05, 0.1) is 12.4 Å². The Balaban J connectivity index is 1.56. The Morgan fingerprint density at radius 1 is 1.12 bits per heavy atom. The number of unbranched alkanes of at least 4 members (excludes halogenated alkanes) is 1. The molecule has 2 aromatic rings. The first-order chi connectivity index (χ1) is 12.3. The molecule has 25 heavy (non-hydrogen) atoms. The summed E-state index contributed by atoms with van der Waals surface area (Å²) in [5.41, 5.74) is 2.28. The summed E-state index contributed by atoms with van der Waals surface area (Å²) in [7, 11) is 0. The normalized spacial score (nSPS) is 13.7. The highest BCUT2D eigenvalue weighted by atomic mass is 16.1. The molecule has 1 fully saturated rings. The number of amides is 1. The Morgan fingerprint density at radius 2 is 1.88 bits per heavy atom. The van der Waals surface area contributed by atoms with Gasteiger partial charge in [0.15, 0.2) is 0 Å². The Bertz CT molecular complexity index is 678. The lowest BCUT2D eigenvalue weighted by Gasteiger charge is -2.17. The summed E-state index contributed by atoms with van der Waals surface area (Å²) < 4.78 is 0. The first kappa shape index (κ1) is 17.2. The van der Waals surface area contributed by atoms with Crippen LogP contribution in [0.2, 0.25) is 0 Å². The summed E-state index contributed by atoms with van der Waals surface area (Å²) in [6.45, 7) is 5.22. The maximum atomic E-state index is 12.3. The van der Waals surface area contributed by atoms with Gasteiger partial charge in [-0.1, -0.05) is 13.3 Å². The molecule has 1 saturated heterocycles. The van der Waals surface area contributed by atoms with Gasteiger partial charge in [-0.3, -0.25) is 4.79 Å². The Morgan fingerprint density at radius 3 is 2.52 bits per heavy atom. The van der Waals surface area contributed by atoms with Crippen molar-refractivity contribution in [3.63, 3.8) is 0 Å². The van der Waals surface area contributed by atoms with E-state index in [1.54, 1.807) is 6.20 Å². The molecule has 1 aromatic heterocycles. The maximum Gasteiger partial charge on any atom is 0.275 e. The van der Waals surface area contributed by atoms with E-state index in [0.29, 0.717) is 11.5 Å². The van der Waals surface area contributed by atoms with Gasteiger partial charge in [0.1, 0.15) is 11.5 Å². The van der Waals surface area contributed by atoms with Crippen molar-refractivity contribution in [2.45, 2.75) is 32.6 Å². The molecule has 132 valence electrons. The minimum atomic E-state index is -0.249. The van der Waals surface area contributed by atoms with Crippen LogP contribution in [0.4, 0.5) is 17.2 Å². The molecule has 0 atom stereocenters. The van der Waals surface area contributed by atoms with Crippen LogP contribution in [0, 0.1) is 0 Å². The van der Waals surface area contributed by atoms with Gasteiger partial charge in [-0.25, -0.2) is 9.97 Å². The lowest BCUT2D eigenvalue weighted by molar-refractivity contribution is 0.102. The van der Waals surface area contributed by atoms with Crippen LogP contribution in [0.5, 0.6) is 0 Å². The number of carbonyl (C=O) groups is 1. The highest BCUT2D eigenvalue weighted by Crippen LogP contribution is 2.22. The van der Waals surface area contributed by atoms with Crippen LogP contribution in [0.3, 0.4) is 0 Å². The number of hydrogen-bond donors (Lipinski definition) is 2. The second-order valence-electron chi connectivity index (χ2n) is 6.26. The number of anilines is 3. The van der Waals surface area contributed by atoms with Crippen molar-refractivity contribution < 1.29 is 4.79 Å². The summed E-state index contributed by atoms with van der Waals surface area (Å²) in [6.07, 6.45) is 7.80. The van der Waals surface area contributed by atoms with Gasteiger partial charge in [0, 0.05) is 31.0 Å². The van der Waals surface area contributed by atoms with Crippen molar-refractivity contribution in [3.8, 4) is 0 Å². The van der Waals surface area contributed by atoms with Crippen molar-refractivity contribution in [2.75, 3.05) is 35.2 Å². The topological polar surface area (TPSA) is 70.2 Å². The molecule has 1 aromatic carbocycles. The van der Waals surface area contributed by atoms with E-state index < -0.39 is 0 Å². The minimum Gasteiger partial charge on any atom is -0.372 e. The number of nitrogens with one attached hydrogen (secondary N) is 2. The van der Waals surface area contributed by atoms with E-state index in [4.69, 9.17) is 0 Å². The van der Waals surface area contributed by atoms with E-state index in [2.05, 4.69) is 32.4 Å². The lowest BCUT2D eigenvalue weighted by atomic mass is 10.2. The molecule has 6 heteroatoms. The van der Waals surface area contributed by atoms with Crippen LogP contribution in [0.1, 0.15) is 43.1 Å². The quantitative estimate of drug-likeness (QED) is 0.755. The third-order valence-corrected chi connectivity index (χ3v) is 4.32. The van der Waals surface area contributed by atoms with Crippen LogP contribution in [-0.4, -0.2) is 35.5 Å². The zero-order valence-corrected chi connectivity index (χ0v) is 14.7. The van der Waals surface area contributed by atoms with E-state index in [-0.39, 0.29) is 5.91 Å². The van der Waals surface area contributed by atoms with Gasteiger partial charge >= 0.3 is 0 Å². The van der Waals surface area contributed by atoms with E-state index in [9.17, 15) is 4.79 Å². The fraction of sp³-hybridized carbons (Fsp3) is 0.421. The monoisotopic (exact) mass is 339 g/mol. The molecule has 0 saturated carbocycles. The number of hydrogen-bond acceptors (Lipinski definition) is 5. The van der Waals surface area contributed by atoms with Crippen molar-refractivity contribution in [2.24, 2.45) is 0 Å². The molecule has 1 aliphatic heterocycles. The van der Waals surface area contributed by atoms with Crippen molar-refractivity contribution in [3.05, 3.63) is 42.4 Å². The third kappa shape index (κ3) is 4.68. The minimum absolute atomic E-state index is 0.249. The highest BCUT2D eigenvalue weighted by Gasteiger charge is 2.13. The fourth-order valence-corrected chi connectivity index (χ4v) is 2.86.